The summed E-state index contributed by atoms with van der Waals surface area (Å²) in [6, 6.07) is 0.314. The van der Waals surface area contributed by atoms with Gasteiger partial charge in [0.25, 0.3) is 0 Å². The van der Waals surface area contributed by atoms with E-state index in [9.17, 15) is 4.79 Å². The fraction of sp³-hybridized carbons (Fsp3) is 0.941. The maximum atomic E-state index is 13.0. The predicted molar refractivity (Wildman–Crippen MR) is 75.0 cm³/mol. The average molecular weight is 275 g/mol. The first kappa shape index (κ1) is 12.0. The van der Waals surface area contributed by atoms with Gasteiger partial charge in [0, 0.05) is 5.41 Å². The van der Waals surface area contributed by atoms with Gasteiger partial charge in [-0.1, -0.05) is 0 Å². The van der Waals surface area contributed by atoms with Gasteiger partial charge in [0.15, 0.2) is 0 Å². The minimum absolute atomic E-state index is 0.0105. The summed E-state index contributed by atoms with van der Waals surface area (Å²) in [5, 5.41) is 3.40. The monoisotopic (exact) mass is 275 g/mol. The van der Waals surface area contributed by atoms with Crippen LogP contribution in [0.1, 0.15) is 57.8 Å². The molecule has 6 bridgehead atoms. The SMILES string of the molecule is O=C(NC1CC2CCC1O2)C12CC3CC(CC(C3)C1)C2. The summed E-state index contributed by atoms with van der Waals surface area (Å²) in [7, 11) is 0. The Morgan fingerprint density at radius 2 is 1.60 bits per heavy atom. The zero-order chi connectivity index (χ0) is 13.3. The molecule has 6 aliphatic rings. The molecule has 2 aliphatic heterocycles. The first-order chi connectivity index (χ1) is 9.70. The second-order valence-corrected chi connectivity index (χ2v) is 8.39. The van der Waals surface area contributed by atoms with Crippen molar-refractivity contribution in [2.45, 2.75) is 76.0 Å². The maximum Gasteiger partial charge on any atom is 0.226 e. The van der Waals surface area contributed by atoms with Crippen LogP contribution in [-0.4, -0.2) is 24.2 Å². The number of carbonyl (C=O) groups excluding carboxylic acids is 1. The first-order valence-corrected chi connectivity index (χ1v) is 8.67. The number of fused-ring (bicyclic) bond motifs is 2. The van der Waals surface area contributed by atoms with Gasteiger partial charge in [-0.2, -0.15) is 0 Å². The molecule has 2 heterocycles. The smallest absolute Gasteiger partial charge is 0.226 e. The zero-order valence-corrected chi connectivity index (χ0v) is 12.1. The second kappa shape index (κ2) is 4.00. The molecule has 0 aromatic rings. The lowest BCUT2D eigenvalue weighted by Gasteiger charge is -2.55. The van der Waals surface area contributed by atoms with Crippen LogP contribution < -0.4 is 5.32 Å². The molecule has 0 spiro atoms. The summed E-state index contributed by atoms with van der Waals surface area (Å²) in [5.74, 6) is 2.94. The van der Waals surface area contributed by atoms with Crippen molar-refractivity contribution < 1.29 is 9.53 Å². The van der Waals surface area contributed by atoms with E-state index in [4.69, 9.17) is 4.74 Å². The standard InChI is InChI=1S/C17H25NO2/c19-16(18-14-6-13-1-2-15(14)20-13)17-7-10-3-11(8-17)5-12(4-10)9-17/h10-15H,1-9H2,(H,18,19). The summed E-state index contributed by atoms with van der Waals surface area (Å²) in [6.45, 7) is 0. The Morgan fingerprint density at radius 1 is 0.950 bits per heavy atom. The van der Waals surface area contributed by atoms with Crippen LogP contribution in [-0.2, 0) is 9.53 Å². The normalized spacial score (nSPS) is 55.4. The zero-order valence-electron chi connectivity index (χ0n) is 12.1. The van der Waals surface area contributed by atoms with Crippen molar-refractivity contribution in [1.82, 2.24) is 5.32 Å². The first-order valence-electron chi connectivity index (χ1n) is 8.67. The molecular formula is C17H25NO2. The number of ether oxygens (including phenoxy) is 1. The van der Waals surface area contributed by atoms with Gasteiger partial charge in [-0.05, 0) is 75.5 Å². The fourth-order valence-electron chi connectivity index (χ4n) is 6.50. The molecule has 20 heavy (non-hydrogen) atoms. The lowest BCUT2D eigenvalue weighted by molar-refractivity contribution is -0.147. The van der Waals surface area contributed by atoms with Crippen LogP contribution in [0.25, 0.3) is 0 Å². The number of hydrogen-bond acceptors (Lipinski definition) is 2. The Hall–Kier alpha value is -0.570. The molecule has 3 unspecified atom stereocenters. The Kier molecular flexibility index (Phi) is 2.40. The third kappa shape index (κ3) is 1.65. The minimum Gasteiger partial charge on any atom is -0.373 e. The molecule has 0 radical (unpaired) electrons. The van der Waals surface area contributed by atoms with E-state index in [1.807, 2.05) is 0 Å². The molecule has 0 aromatic heterocycles. The lowest BCUT2D eigenvalue weighted by Crippen LogP contribution is -2.56. The highest BCUT2D eigenvalue weighted by molar-refractivity contribution is 5.83. The number of nitrogens with one attached hydrogen (secondary N) is 1. The lowest BCUT2D eigenvalue weighted by atomic mass is 9.49. The Morgan fingerprint density at radius 3 is 2.10 bits per heavy atom. The predicted octanol–water partition coefficient (Wildman–Crippen LogP) is 2.64. The van der Waals surface area contributed by atoms with Gasteiger partial charge in [0.1, 0.15) is 0 Å². The van der Waals surface area contributed by atoms with Gasteiger partial charge in [-0.25, -0.2) is 0 Å². The minimum atomic E-state index is 0.0105. The molecular weight excluding hydrogens is 250 g/mol. The van der Waals surface area contributed by atoms with Crippen molar-refractivity contribution in [3.63, 3.8) is 0 Å². The quantitative estimate of drug-likeness (QED) is 0.841. The van der Waals surface area contributed by atoms with Gasteiger partial charge in [-0.15, -0.1) is 0 Å². The van der Waals surface area contributed by atoms with Crippen molar-refractivity contribution in [2.24, 2.45) is 23.2 Å². The van der Waals surface area contributed by atoms with Crippen molar-refractivity contribution >= 4 is 5.91 Å². The Labute approximate surface area is 120 Å². The summed E-state index contributed by atoms with van der Waals surface area (Å²) in [5.41, 5.74) is 0.0105. The molecule has 1 N–H and O–H groups in total. The van der Waals surface area contributed by atoms with E-state index >= 15 is 0 Å². The number of hydrogen-bond donors (Lipinski definition) is 1. The molecule has 6 fully saturated rings. The van der Waals surface area contributed by atoms with Gasteiger partial charge in [0.2, 0.25) is 5.91 Å². The molecule has 2 saturated heterocycles. The summed E-state index contributed by atoms with van der Waals surface area (Å²) >= 11 is 0. The van der Waals surface area contributed by atoms with Crippen LogP contribution in [0.4, 0.5) is 0 Å². The van der Waals surface area contributed by atoms with Crippen LogP contribution >= 0.6 is 0 Å². The number of amides is 1. The van der Waals surface area contributed by atoms with E-state index in [1.54, 1.807) is 0 Å². The van der Waals surface area contributed by atoms with E-state index in [2.05, 4.69) is 5.32 Å². The highest BCUT2D eigenvalue weighted by Gasteiger charge is 2.55. The molecule has 110 valence electrons. The van der Waals surface area contributed by atoms with Crippen LogP contribution in [0, 0.1) is 23.2 Å². The van der Waals surface area contributed by atoms with Gasteiger partial charge in [-0.3, -0.25) is 4.79 Å². The fourth-order valence-corrected chi connectivity index (χ4v) is 6.50. The molecule has 3 atom stereocenters. The molecule has 3 heteroatoms. The van der Waals surface area contributed by atoms with E-state index in [0.29, 0.717) is 24.2 Å². The van der Waals surface area contributed by atoms with Crippen molar-refractivity contribution in [2.75, 3.05) is 0 Å². The van der Waals surface area contributed by atoms with Crippen molar-refractivity contribution in [3.8, 4) is 0 Å². The van der Waals surface area contributed by atoms with Gasteiger partial charge < -0.3 is 10.1 Å². The highest BCUT2D eigenvalue weighted by atomic mass is 16.5. The highest BCUT2D eigenvalue weighted by Crippen LogP contribution is 2.60. The van der Waals surface area contributed by atoms with E-state index in [-0.39, 0.29) is 5.41 Å². The topological polar surface area (TPSA) is 38.3 Å². The van der Waals surface area contributed by atoms with E-state index < -0.39 is 0 Å². The average Bonchev–Trinajstić information content (AvgIpc) is 2.99. The molecule has 6 rings (SSSR count). The van der Waals surface area contributed by atoms with Crippen LogP contribution in [0.15, 0.2) is 0 Å². The van der Waals surface area contributed by atoms with Gasteiger partial charge >= 0.3 is 0 Å². The number of carbonyl (C=O) groups is 1. The van der Waals surface area contributed by atoms with Crippen LogP contribution in [0.2, 0.25) is 0 Å². The van der Waals surface area contributed by atoms with E-state index in [1.165, 1.54) is 44.9 Å². The molecule has 1 amide bonds. The maximum absolute atomic E-state index is 13.0. The molecule has 3 nitrogen and oxygen atoms in total. The van der Waals surface area contributed by atoms with Gasteiger partial charge in [0.05, 0.1) is 18.2 Å². The molecule has 0 aromatic carbocycles. The van der Waals surface area contributed by atoms with E-state index in [0.717, 1.165) is 30.6 Å². The third-order valence-corrected chi connectivity index (χ3v) is 6.94. The number of rotatable bonds is 2. The Bertz CT molecular complexity index is 411. The molecule has 4 aliphatic carbocycles. The van der Waals surface area contributed by atoms with Crippen LogP contribution in [0.5, 0.6) is 0 Å². The summed E-state index contributed by atoms with van der Waals surface area (Å²) in [6.07, 6.45) is 11.9. The largest absolute Gasteiger partial charge is 0.373 e. The van der Waals surface area contributed by atoms with Crippen LogP contribution in [0.3, 0.4) is 0 Å². The molecule has 4 saturated carbocycles. The second-order valence-electron chi connectivity index (χ2n) is 8.39. The van der Waals surface area contributed by atoms with Crippen molar-refractivity contribution in [1.29, 1.82) is 0 Å². The van der Waals surface area contributed by atoms with Crippen molar-refractivity contribution in [3.05, 3.63) is 0 Å². The Balaban J connectivity index is 1.33. The summed E-state index contributed by atoms with van der Waals surface area (Å²) in [4.78, 5) is 13.0. The third-order valence-electron chi connectivity index (χ3n) is 6.94. The summed E-state index contributed by atoms with van der Waals surface area (Å²) < 4.78 is 5.89.